The molecule has 0 saturated heterocycles. The van der Waals surface area contributed by atoms with Gasteiger partial charge < -0.3 is 0 Å². The van der Waals surface area contributed by atoms with Gasteiger partial charge in [-0.15, -0.1) is 0 Å². The van der Waals surface area contributed by atoms with Crippen LogP contribution in [0.25, 0.3) is 0 Å². The summed E-state index contributed by atoms with van der Waals surface area (Å²) < 4.78 is 2.49. The highest BCUT2D eigenvalue weighted by molar-refractivity contribution is 4.97. The zero-order valence-corrected chi connectivity index (χ0v) is 16.6. The molecule has 0 bridgehead atoms. The molecule has 1 rings (SSSR count). The van der Waals surface area contributed by atoms with Crippen molar-refractivity contribution in [2.24, 2.45) is 0 Å². The van der Waals surface area contributed by atoms with Gasteiger partial charge in [-0.3, -0.25) is 0 Å². The molecule has 1 nitrogen and oxygen atoms in total. The third kappa shape index (κ3) is 10.8. The van der Waals surface area contributed by atoms with Gasteiger partial charge in [-0.1, -0.05) is 90.5 Å². The molecule has 0 aromatic carbocycles. The van der Waals surface area contributed by atoms with Crippen LogP contribution in [0.15, 0.2) is 24.4 Å². The Morgan fingerprint density at radius 2 is 1.17 bits per heavy atom. The highest BCUT2D eigenvalue weighted by atomic mass is 14.9. The van der Waals surface area contributed by atoms with Crippen LogP contribution < -0.4 is 4.57 Å². The van der Waals surface area contributed by atoms with Crippen LogP contribution in [0.2, 0.25) is 0 Å². The van der Waals surface area contributed by atoms with Crippen molar-refractivity contribution in [3.8, 4) is 0 Å². The number of hydrogen-bond donors (Lipinski definition) is 0. The Labute approximate surface area is 151 Å². The van der Waals surface area contributed by atoms with Gasteiger partial charge in [0, 0.05) is 25.0 Å². The van der Waals surface area contributed by atoms with Crippen LogP contribution in [0.3, 0.4) is 0 Å². The van der Waals surface area contributed by atoms with E-state index in [4.69, 9.17) is 0 Å². The topological polar surface area (TPSA) is 3.88 Å². The fraction of sp³-hybridized carbons (Fsp3) is 0.783. The highest BCUT2D eigenvalue weighted by Crippen LogP contribution is 2.11. The minimum absolute atomic E-state index is 1.20. The molecule has 0 amide bonds. The predicted octanol–water partition coefficient (Wildman–Crippen LogP) is 7.02. The molecular weight excluding hydrogens is 290 g/mol. The Morgan fingerprint density at radius 3 is 1.79 bits per heavy atom. The van der Waals surface area contributed by atoms with E-state index in [0.29, 0.717) is 0 Å². The summed E-state index contributed by atoms with van der Waals surface area (Å²) in [7, 11) is 0. The number of hydrogen-bond acceptors (Lipinski definition) is 0. The molecule has 0 aliphatic carbocycles. The predicted molar refractivity (Wildman–Crippen MR) is 106 cm³/mol. The van der Waals surface area contributed by atoms with Crippen molar-refractivity contribution in [3.05, 3.63) is 30.1 Å². The summed E-state index contributed by atoms with van der Waals surface area (Å²) in [6.45, 7) is 5.78. The van der Waals surface area contributed by atoms with Crippen LogP contribution in [-0.4, -0.2) is 0 Å². The van der Waals surface area contributed by atoms with E-state index < -0.39 is 0 Å². The van der Waals surface area contributed by atoms with Crippen molar-refractivity contribution in [3.63, 3.8) is 0 Å². The molecule has 0 fully saturated rings. The Kier molecular flexibility index (Phi) is 13.8. The lowest BCUT2D eigenvalue weighted by molar-refractivity contribution is -0.704. The molecule has 1 aromatic heterocycles. The van der Waals surface area contributed by atoms with Crippen molar-refractivity contribution in [1.29, 1.82) is 0 Å². The van der Waals surface area contributed by atoms with E-state index >= 15 is 0 Å². The molecule has 1 aromatic rings. The van der Waals surface area contributed by atoms with E-state index in [1.54, 1.807) is 0 Å². The van der Waals surface area contributed by atoms with Crippen molar-refractivity contribution in [1.82, 2.24) is 0 Å². The summed E-state index contributed by atoms with van der Waals surface area (Å²) in [4.78, 5) is 0. The maximum atomic E-state index is 2.49. The second-order valence-electron chi connectivity index (χ2n) is 7.38. The van der Waals surface area contributed by atoms with Gasteiger partial charge in [0.25, 0.3) is 0 Å². The fourth-order valence-electron chi connectivity index (χ4n) is 3.46. The van der Waals surface area contributed by atoms with Crippen LogP contribution in [0.5, 0.6) is 0 Å². The van der Waals surface area contributed by atoms with Crippen molar-refractivity contribution in [2.45, 2.75) is 117 Å². The van der Waals surface area contributed by atoms with Gasteiger partial charge in [-0.2, -0.15) is 0 Å². The third-order valence-electron chi connectivity index (χ3n) is 5.07. The molecule has 0 aliphatic heterocycles. The van der Waals surface area contributed by atoms with Crippen LogP contribution >= 0.6 is 0 Å². The Morgan fingerprint density at radius 1 is 0.625 bits per heavy atom. The van der Waals surface area contributed by atoms with Crippen LogP contribution in [0.4, 0.5) is 0 Å². The first-order valence-electron chi connectivity index (χ1n) is 10.9. The van der Waals surface area contributed by atoms with E-state index in [9.17, 15) is 0 Å². The maximum absolute atomic E-state index is 2.49. The average molecular weight is 333 g/mol. The molecule has 1 heteroatoms. The highest BCUT2D eigenvalue weighted by Gasteiger charge is 2.08. The first kappa shape index (κ1) is 21.2. The van der Waals surface area contributed by atoms with Gasteiger partial charge in [-0.25, -0.2) is 4.57 Å². The number of rotatable bonds is 16. The average Bonchev–Trinajstić information content (AvgIpc) is 2.61. The summed E-state index contributed by atoms with van der Waals surface area (Å²) in [5.74, 6) is 0. The minimum Gasteiger partial charge on any atom is -0.202 e. The number of nitrogens with zero attached hydrogens (tertiary/aromatic N) is 1. The van der Waals surface area contributed by atoms with Gasteiger partial charge in [0.1, 0.15) is 6.54 Å². The lowest BCUT2D eigenvalue weighted by atomic mass is 10.0. The standard InChI is InChI=1S/C23H42N/c1-3-5-7-9-10-11-12-13-14-15-19-23-20-16-18-22-24(23)21-17-8-6-4-2/h16,18,20,22H,3-15,17,19,21H2,1-2H3/q+1. The van der Waals surface area contributed by atoms with Crippen molar-refractivity contribution >= 4 is 0 Å². The monoisotopic (exact) mass is 332 g/mol. The SMILES string of the molecule is CCCCCCCCCCCCc1cccc[n+]1CCCCCC. The molecule has 0 radical (unpaired) electrons. The molecular formula is C23H42N+. The molecule has 0 aliphatic rings. The molecule has 0 unspecified atom stereocenters. The van der Waals surface area contributed by atoms with E-state index in [1.165, 1.54) is 109 Å². The minimum atomic E-state index is 1.20. The largest absolute Gasteiger partial charge is 0.202 e. The molecule has 24 heavy (non-hydrogen) atoms. The normalized spacial score (nSPS) is 11.1. The zero-order chi connectivity index (χ0) is 17.3. The third-order valence-corrected chi connectivity index (χ3v) is 5.07. The Bertz CT molecular complexity index is 385. The number of aromatic nitrogens is 1. The fourth-order valence-corrected chi connectivity index (χ4v) is 3.46. The summed E-state index contributed by atoms with van der Waals surface area (Å²) in [5, 5.41) is 0. The first-order chi connectivity index (χ1) is 11.9. The van der Waals surface area contributed by atoms with Crippen LogP contribution in [0, 0.1) is 0 Å². The van der Waals surface area contributed by atoms with E-state index in [-0.39, 0.29) is 0 Å². The van der Waals surface area contributed by atoms with E-state index in [2.05, 4.69) is 42.8 Å². The molecule has 0 N–H and O–H groups in total. The van der Waals surface area contributed by atoms with Crippen molar-refractivity contribution < 1.29 is 4.57 Å². The molecule has 1 heterocycles. The number of aryl methyl sites for hydroxylation is 2. The molecule has 0 atom stereocenters. The van der Waals surface area contributed by atoms with Gasteiger partial charge in [-0.05, 0) is 12.8 Å². The summed E-state index contributed by atoms with van der Waals surface area (Å²) in [5.41, 5.74) is 1.54. The smallest absolute Gasteiger partial charge is 0.181 e. The molecule has 0 saturated carbocycles. The summed E-state index contributed by atoms with van der Waals surface area (Å²) >= 11 is 0. The summed E-state index contributed by atoms with van der Waals surface area (Å²) in [6.07, 6.45) is 23.1. The van der Waals surface area contributed by atoms with E-state index in [0.717, 1.165) is 0 Å². The quantitative estimate of drug-likeness (QED) is 0.226. The lowest BCUT2D eigenvalue weighted by Crippen LogP contribution is -2.37. The lowest BCUT2D eigenvalue weighted by Gasteiger charge is -2.05. The molecule has 0 spiro atoms. The number of pyridine rings is 1. The van der Waals surface area contributed by atoms with Crippen LogP contribution in [-0.2, 0) is 13.0 Å². The van der Waals surface area contributed by atoms with Crippen LogP contribution in [0.1, 0.15) is 109 Å². The van der Waals surface area contributed by atoms with Gasteiger partial charge >= 0.3 is 0 Å². The van der Waals surface area contributed by atoms with Gasteiger partial charge in [0.15, 0.2) is 11.9 Å². The second-order valence-corrected chi connectivity index (χ2v) is 7.38. The second kappa shape index (κ2) is 15.7. The Hall–Kier alpha value is -0.850. The van der Waals surface area contributed by atoms with Gasteiger partial charge in [0.05, 0.1) is 0 Å². The summed E-state index contributed by atoms with van der Waals surface area (Å²) in [6, 6.07) is 6.71. The number of unbranched alkanes of at least 4 members (excludes halogenated alkanes) is 12. The zero-order valence-electron chi connectivity index (χ0n) is 16.6. The first-order valence-corrected chi connectivity index (χ1v) is 10.9. The maximum Gasteiger partial charge on any atom is 0.181 e. The Balaban J connectivity index is 2.07. The molecule has 138 valence electrons. The van der Waals surface area contributed by atoms with E-state index in [1.807, 2.05) is 0 Å². The van der Waals surface area contributed by atoms with Crippen molar-refractivity contribution in [2.75, 3.05) is 0 Å². The van der Waals surface area contributed by atoms with Gasteiger partial charge in [0.2, 0.25) is 0 Å².